The molecule has 2 aromatic rings. The molecule has 1 atom stereocenters. The van der Waals surface area contributed by atoms with Crippen LogP contribution < -0.4 is 5.32 Å². The lowest BCUT2D eigenvalue weighted by Gasteiger charge is -2.17. The fraction of sp³-hybridized carbons (Fsp3) is 0.421. The summed E-state index contributed by atoms with van der Waals surface area (Å²) in [6.45, 7) is 4.83. The molecule has 1 aromatic carbocycles. The van der Waals surface area contributed by atoms with Gasteiger partial charge in [-0.25, -0.2) is 4.39 Å². The molecule has 0 saturated carbocycles. The summed E-state index contributed by atoms with van der Waals surface area (Å²) in [5.74, 6) is -0.214. The average Bonchev–Trinajstić information content (AvgIpc) is 3.14. The van der Waals surface area contributed by atoms with E-state index in [0.29, 0.717) is 19.0 Å². The maximum absolute atomic E-state index is 13.3. The van der Waals surface area contributed by atoms with Crippen molar-refractivity contribution < 1.29 is 18.5 Å². The molecule has 1 fully saturated rings. The third-order valence-electron chi connectivity index (χ3n) is 4.21. The maximum atomic E-state index is 13.3. The van der Waals surface area contributed by atoms with Crippen molar-refractivity contribution in [2.45, 2.75) is 39.3 Å². The van der Waals surface area contributed by atoms with Gasteiger partial charge in [-0.05, 0) is 30.0 Å². The number of carbonyl (C=O) groups excluding carboxylic acids is 2. The van der Waals surface area contributed by atoms with Gasteiger partial charge in [-0.2, -0.15) is 0 Å². The highest BCUT2D eigenvalue weighted by Crippen LogP contribution is 2.17. The van der Waals surface area contributed by atoms with Crippen molar-refractivity contribution in [1.82, 2.24) is 15.4 Å². The van der Waals surface area contributed by atoms with E-state index in [1.54, 1.807) is 23.1 Å². The highest BCUT2D eigenvalue weighted by molar-refractivity contribution is 5.92. The minimum Gasteiger partial charge on any atom is -0.351 e. The van der Waals surface area contributed by atoms with Crippen molar-refractivity contribution in [3.63, 3.8) is 0 Å². The molecule has 3 rings (SSSR count). The second kappa shape index (κ2) is 7.68. The summed E-state index contributed by atoms with van der Waals surface area (Å²) in [5, 5.41) is 6.71. The molecule has 6 nitrogen and oxygen atoms in total. The summed E-state index contributed by atoms with van der Waals surface area (Å²) in [5.41, 5.74) is 1.46. The van der Waals surface area contributed by atoms with Gasteiger partial charge in [0.2, 0.25) is 11.7 Å². The largest absolute Gasteiger partial charge is 0.351 e. The Kier molecular flexibility index (Phi) is 5.35. The van der Waals surface area contributed by atoms with Crippen molar-refractivity contribution in [3.05, 3.63) is 53.2 Å². The third-order valence-corrected chi connectivity index (χ3v) is 4.21. The molecule has 1 saturated heterocycles. The zero-order valence-electron chi connectivity index (χ0n) is 14.9. The summed E-state index contributed by atoms with van der Waals surface area (Å²) in [6.07, 6.45) is 0.953. The standard InChI is InChI=1S/C19H22FN3O3/c1-12(2)6-15-8-17(26-22-15)19(25)21-16-9-18(24)23(11-16)10-13-4-3-5-14(20)7-13/h3-5,7-8,12,16H,6,9-11H2,1-2H3,(H,21,25)/t16-/m1/s1. The third kappa shape index (κ3) is 4.47. The predicted octanol–water partition coefficient (Wildman–Crippen LogP) is 2.54. The van der Waals surface area contributed by atoms with Crippen LogP contribution in [0.25, 0.3) is 0 Å². The van der Waals surface area contributed by atoms with Crippen LogP contribution in [0.1, 0.15) is 42.1 Å². The molecule has 0 bridgehead atoms. The molecule has 1 N–H and O–H groups in total. The van der Waals surface area contributed by atoms with Gasteiger partial charge in [0.1, 0.15) is 5.82 Å². The van der Waals surface area contributed by atoms with Gasteiger partial charge < -0.3 is 14.7 Å². The number of amides is 2. The highest BCUT2D eigenvalue weighted by atomic mass is 19.1. The van der Waals surface area contributed by atoms with E-state index in [1.165, 1.54) is 12.1 Å². The Morgan fingerprint density at radius 2 is 2.23 bits per heavy atom. The van der Waals surface area contributed by atoms with Crippen LogP contribution in [-0.2, 0) is 17.8 Å². The Hall–Kier alpha value is -2.70. The number of likely N-dealkylation sites (tertiary alicyclic amines) is 1. The normalized spacial score (nSPS) is 17.2. The molecule has 138 valence electrons. The molecule has 2 heterocycles. The van der Waals surface area contributed by atoms with Crippen LogP contribution in [0.2, 0.25) is 0 Å². The second-order valence-corrected chi connectivity index (χ2v) is 7.06. The summed E-state index contributed by atoms with van der Waals surface area (Å²) in [7, 11) is 0. The lowest BCUT2D eigenvalue weighted by molar-refractivity contribution is -0.128. The fourth-order valence-electron chi connectivity index (χ4n) is 3.07. The highest BCUT2D eigenvalue weighted by Gasteiger charge is 2.31. The number of halogens is 1. The number of hydrogen-bond acceptors (Lipinski definition) is 4. The van der Waals surface area contributed by atoms with Crippen LogP contribution in [0.3, 0.4) is 0 Å². The van der Waals surface area contributed by atoms with E-state index >= 15 is 0 Å². The number of benzene rings is 1. The van der Waals surface area contributed by atoms with E-state index in [9.17, 15) is 14.0 Å². The van der Waals surface area contributed by atoms with Gasteiger partial charge >= 0.3 is 0 Å². The lowest BCUT2D eigenvalue weighted by Crippen LogP contribution is -2.36. The Morgan fingerprint density at radius 1 is 1.42 bits per heavy atom. The zero-order valence-corrected chi connectivity index (χ0v) is 14.9. The van der Waals surface area contributed by atoms with Crippen LogP contribution in [-0.4, -0.2) is 34.5 Å². The summed E-state index contributed by atoms with van der Waals surface area (Å²) in [4.78, 5) is 26.1. The van der Waals surface area contributed by atoms with E-state index in [0.717, 1.165) is 17.7 Å². The molecule has 0 unspecified atom stereocenters. The van der Waals surface area contributed by atoms with Gasteiger partial charge in [0, 0.05) is 25.6 Å². The molecule has 1 aromatic heterocycles. The number of carbonyl (C=O) groups is 2. The van der Waals surface area contributed by atoms with Crippen LogP contribution >= 0.6 is 0 Å². The predicted molar refractivity (Wildman–Crippen MR) is 92.7 cm³/mol. The Bertz CT molecular complexity index is 803. The van der Waals surface area contributed by atoms with Gasteiger partial charge in [-0.15, -0.1) is 0 Å². The van der Waals surface area contributed by atoms with Crippen molar-refractivity contribution in [1.29, 1.82) is 0 Å². The minimum atomic E-state index is -0.377. The first kappa shape index (κ1) is 18.1. The van der Waals surface area contributed by atoms with Crippen molar-refractivity contribution in [2.75, 3.05) is 6.54 Å². The number of rotatable bonds is 6. The van der Waals surface area contributed by atoms with Crippen LogP contribution in [0.15, 0.2) is 34.9 Å². The first-order chi connectivity index (χ1) is 12.4. The topological polar surface area (TPSA) is 75.4 Å². The molecular weight excluding hydrogens is 337 g/mol. The zero-order chi connectivity index (χ0) is 18.7. The quantitative estimate of drug-likeness (QED) is 0.860. The fourth-order valence-corrected chi connectivity index (χ4v) is 3.07. The van der Waals surface area contributed by atoms with Crippen LogP contribution in [0.4, 0.5) is 4.39 Å². The molecule has 1 aliphatic rings. The van der Waals surface area contributed by atoms with Gasteiger partial charge in [0.05, 0.1) is 11.7 Å². The van der Waals surface area contributed by atoms with Gasteiger partial charge in [-0.1, -0.05) is 31.1 Å². The van der Waals surface area contributed by atoms with E-state index in [2.05, 4.69) is 24.3 Å². The molecule has 2 amide bonds. The van der Waals surface area contributed by atoms with Crippen molar-refractivity contribution in [3.8, 4) is 0 Å². The molecule has 26 heavy (non-hydrogen) atoms. The monoisotopic (exact) mass is 359 g/mol. The maximum Gasteiger partial charge on any atom is 0.290 e. The molecule has 7 heteroatoms. The molecule has 1 aliphatic heterocycles. The number of nitrogens with zero attached hydrogens (tertiary/aromatic N) is 2. The number of hydrogen-bond donors (Lipinski definition) is 1. The second-order valence-electron chi connectivity index (χ2n) is 7.06. The number of nitrogens with one attached hydrogen (secondary N) is 1. The molecule has 0 spiro atoms. The Morgan fingerprint density at radius 3 is 2.96 bits per heavy atom. The van der Waals surface area contributed by atoms with Gasteiger partial charge in [-0.3, -0.25) is 9.59 Å². The minimum absolute atomic E-state index is 0.0716. The average molecular weight is 359 g/mol. The van der Waals surface area contributed by atoms with E-state index in [-0.39, 0.29) is 35.9 Å². The van der Waals surface area contributed by atoms with E-state index in [1.807, 2.05) is 0 Å². The van der Waals surface area contributed by atoms with Gasteiger partial charge in [0.15, 0.2) is 0 Å². The van der Waals surface area contributed by atoms with Crippen molar-refractivity contribution >= 4 is 11.8 Å². The summed E-state index contributed by atoms with van der Waals surface area (Å²) in [6, 6.07) is 7.49. The first-order valence-electron chi connectivity index (χ1n) is 8.69. The lowest BCUT2D eigenvalue weighted by atomic mass is 10.1. The smallest absolute Gasteiger partial charge is 0.290 e. The number of aromatic nitrogens is 1. The SMILES string of the molecule is CC(C)Cc1cc(C(=O)N[C@@H]2CC(=O)N(Cc3cccc(F)c3)C2)on1. The van der Waals surface area contributed by atoms with Crippen LogP contribution in [0, 0.1) is 11.7 Å². The first-order valence-corrected chi connectivity index (χ1v) is 8.69. The van der Waals surface area contributed by atoms with Gasteiger partial charge in [0.25, 0.3) is 5.91 Å². The molecular formula is C19H22FN3O3. The molecule has 0 radical (unpaired) electrons. The van der Waals surface area contributed by atoms with Crippen LogP contribution in [0.5, 0.6) is 0 Å². The van der Waals surface area contributed by atoms with E-state index < -0.39 is 0 Å². The van der Waals surface area contributed by atoms with E-state index in [4.69, 9.17) is 4.52 Å². The van der Waals surface area contributed by atoms with Crippen molar-refractivity contribution in [2.24, 2.45) is 5.92 Å². The molecule has 0 aliphatic carbocycles. The summed E-state index contributed by atoms with van der Waals surface area (Å²) < 4.78 is 18.4. The summed E-state index contributed by atoms with van der Waals surface area (Å²) >= 11 is 0. The Balaban J connectivity index is 1.56. The Labute approximate surface area is 151 Å².